The molecule has 3 heterocycles. The van der Waals surface area contributed by atoms with Crippen LogP contribution in [-0.4, -0.2) is 29.1 Å². The molecule has 2 aromatic rings. The van der Waals surface area contributed by atoms with E-state index in [0.29, 0.717) is 12.6 Å². The van der Waals surface area contributed by atoms with E-state index in [1.54, 1.807) is 11.5 Å². The number of imidazole rings is 1. The number of fused-ring (bicyclic) bond motifs is 1. The van der Waals surface area contributed by atoms with Crippen LogP contribution in [-0.2, 0) is 17.8 Å². The molecule has 0 aromatic carbocycles. The van der Waals surface area contributed by atoms with Gasteiger partial charge in [0, 0.05) is 37.5 Å². The Hall–Kier alpha value is -1.46. The fourth-order valence-electron chi connectivity index (χ4n) is 2.89. The molecule has 0 saturated carbocycles. The molecule has 1 N–H and O–H groups in total. The van der Waals surface area contributed by atoms with Gasteiger partial charge >= 0.3 is 0 Å². The van der Waals surface area contributed by atoms with Gasteiger partial charge in [-0.1, -0.05) is 6.42 Å². The number of aromatic nitrogens is 2. The molecule has 1 atom stereocenters. The summed E-state index contributed by atoms with van der Waals surface area (Å²) in [6, 6.07) is 1.98. The zero-order chi connectivity index (χ0) is 13.9. The molecule has 1 saturated heterocycles. The maximum absolute atomic E-state index is 13.6. The fraction of sp³-hybridized carbons (Fsp3) is 0.533. The molecule has 1 aliphatic rings. The van der Waals surface area contributed by atoms with Crippen LogP contribution in [0.3, 0.4) is 0 Å². The molecule has 20 heavy (non-hydrogen) atoms. The average Bonchev–Trinajstić information content (AvgIpc) is 2.82. The third-order valence-electron chi connectivity index (χ3n) is 3.81. The van der Waals surface area contributed by atoms with Gasteiger partial charge in [-0.05, 0) is 25.5 Å². The maximum atomic E-state index is 13.6. The highest BCUT2D eigenvalue weighted by molar-refractivity contribution is 5.49. The van der Waals surface area contributed by atoms with Crippen molar-refractivity contribution in [3.63, 3.8) is 0 Å². The summed E-state index contributed by atoms with van der Waals surface area (Å²) in [6.07, 6.45) is 8.01. The largest absolute Gasteiger partial charge is 0.380 e. The summed E-state index contributed by atoms with van der Waals surface area (Å²) in [5.41, 5.74) is 2.58. The SMILES string of the molecule is COCc1cc(F)cn2cc(C[C@@H]3CCCCN3)nc12. The molecule has 0 aliphatic carbocycles. The molecular weight excluding hydrogens is 257 g/mol. The number of halogens is 1. The first kappa shape index (κ1) is 13.5. The standard InChI is InChI=1S/C15H20FN3O/c1-20-10-11-6-12(16)8-19-9-14(18-15(11)19)7-13-4-2-3-5-17-13/h6,8-9,13,17H,2-5,7,10H2,1H3/t13-/m0/s1. The molecule has 5 heteroatoms. The zero-order valence-corrected chi connectivity index (χ0v) is 11.7. The molecule has 0 radical (unpaired) electrons. The predicted molar refractivity (Wildman–Crippen MR) is 75.2 cm³/mol. The number of hydrogen-bond donors (Lipinski definition) is 1. The summed E-state index contributed by atoms with van der Waals surface area (Å²) in [4.78, 5) is 4.64. The first-order valence-corrected chi connectivity index (χ1v) is 7.14. The van der Waals surface area contributed by atoms with E-state index in [9.17, 15) is 4.39 Å². The molecule has 4 nitrogen and oxygen atoms in total. The minimum atomic E-state index is -0.260. The van der Waals surface area contributed by atoms with Crippen molar-refractivity contribution >= 4 is 5.65 Å². The molecule has 3 rings (SSSR count). The van der Waals surface area contributed by atoms with Crippen LogP contribution in [0.15, 0.2) is 18.5 Å². The van der Waals surface area contributed by atoms with E-state index in [2.05, 4.69) is 10.3 Å². The molecule has 108 valence electrons. The number of rotatable bonds is 4. The Morgan fingerprint density at radius 2 is 2.35 bits per heavy atom. The lowest BCUT2D eigenvalue weighted by Crippen LogP contribution is -2.35. The topological polar surface area (TPSA) is 38.6 Å². The molecule has 0 bridgehead atoms. The molecule has 1 fully saturated rings. The van der Waals surface area contributed by atoms with Crippen molar-refractivity contribution in [1.29, 1.82) is 0 Å². The highest BCUT2D eigenvalue weighted by atomic mass is 19.1. The van der Waals surface area contributed by atoms with Gasteiger partial charge in [0.1, 0.15) is 11.5 Å². The minimum absolute atomic E-state index is 0.260. The van der Waals surface area contributed by atoms with Crippen molar-refractivity contribution in [1.82, 2.24) is 14.7 Å². The quantitative estimate of drug-likeness (QED) is 0.932. The lowest BCUT2D eigenvalue weighted by atomic mass is 10.0. The Morgan fingerprint density at radius 3 is 3.10 bits per heavy atom. The summed E-state index contributed by atoms with van der Waals surface area (Å²) in [6.45, 7) is 1.46. The van der Waals surface area contributed by atoms with Gasteiger partial charge in [0.25, 0.3) is 0 Å². The number of piperidine rings is 1. The van der Waals surface area contributed by atoms with Crippen LogP contribution in [0.1, 0.15) is 30.5 Å². The van der Waals surface area contributed by atoms with Crippen LogP contribution in [0, 0.1) is 5.82 Å². The van der Waals surface area contributed by atoms with Crippen molar-refractivity contribution in [3.05, 3.63) is 35.5 Å². The van der Waals surface area contributed by atoms with E-state index < -0.39 is 0 Å². The molecule has 1 aliphatic heterocycles. The zero-order valence-electron chi connectivity index (χ0n) is 11.7. The smallest absolute Gasteiger partial charge is 0.142 e. The second-order valence-electron chi connectivity index (χ2n) is 5.43. The van der Waals surface area contributed by atoms with Crippen molar-refractivity contribution in [3.8, 4) is 0 Å². The Balaban J connectivity index is 1.87. The van der Waals surface area contributed by atoms with Crippen molar-refractivity contribution in [2.75, 3.05) is 13.7 Å². The van der Waals surface area contributed by atoms with Crippen molar-refractivity contribution in [2.24, 2.45) is 0 Å². The van der Waals surface area contributed by atoms with Gasteiger partial charge in [-0.2, -0.15) is 0 Å². The summed E-state index contributed by atoms with van der Waals surface area (Å²) < 4.78 is 20.5. The summed E-state index contributed by atoms with van der Waals surface area (Å²) in [7, 11) is 1.61. The van der Waals surface area contributed by atoms with Gasteiger partial charge < -0.3 is 14.5 Å². The number of nitrogens with zero attached hydrogens (tertiary/aromatic N) is 2. The highest BCUT2D eigenvalue weighted by Crippen LogP contribution is 2.17. The van der Waals surface area contributed by atoms with Gasteiger partial charge in [0.15, 0.2) is 0 Å². The molecule has 0 amide bonds. The number of ether oxygens (including phenoxy) is 1. The lowest BCUT2D eigenvalue weighted by Gasteiger charge is -2.22. The minimum Gasteiger partial charge on any atom is -0.380 e. The van der Waals surface area contributed by atoms with Crippen LogP contribution in [0.2, 0.25) is 0 Å². The number of hydrogen-bond acceptors (Lipinski definition) is 3. The molecule has 0 unspecified atom stereocenters. The van der Waals surface area contributed by atoms with Crippen molar-refractivity contribution < 1.29 is 9.13 Å². The summed E-state index contributed by atoms with van der Waals surface area (Å²) in [5, 5.41) is 3.52. The van der Waals surface area contributed by atoms with Crippen molar-refractivity contribution in [2.45, 2.75) is 38.3 Å². The fourth-order valence-corrected chi connectivity index (χ4v) is 2.89. The Labute approximate surface area is 118 Å². The van der Waals surface area contributed by atoms with E-state index in [4.69, 9.17) is 4.74 Å². The summed E-state index contributed by atoms with van der Waals surface area (Å²) >= 11 is 0. The molecule has 2 aromatic heterocycles. The molecular formula is C15H20FN3O. The highest BCUT2D eigenvalue weighted by Gasteiger charge is 2.16. The predicted octanol–water partition coefficient (Wildman–Crippen LogP) is 2.30. The van der Waals surface area contributed by atoms with Gasteiger partial charge in [-0.15, -0.1) is 0 Å². The second kappa shape index (κ2) is 5.89. The molecule has 0 spiro atoms. The third kappa shape index (κ3) is 2.83. The van der Waals surface area contributed by atoms with E-state index in [1.165, 1.54) is 31.5 Å². The van der Waals surface area contributed by atoms with E-state index in [-0.39, 0.29) is 5.82 Å². The second-order valence-corrected chi connectivity index (χ2v) is 5.43. The number of pyridine rings is 1. The van der Waals surface area contributed by atoms with Crippen LogP contribution < -0.4 is 5.32 Å². The van der Waals surface area contributed by atoms with E-state index in [1.807, 2.05) is 6.20 Å². The van der Waals surface area contributed by atoms with Crippen LogP contribution >= 0.6 is 0 Å². The Kier molecular flexibility index (Phi) is 3.98. The van der Waals surface area contributed by atoms with Gasteiger partial charge in [-0.25, -0.2) is 9.37 Å². The van der Waals surface area contributed by atoms with Gasteiger partial charge in [-0.3, -0.25) is 0 Å². The normalized spacial score (nSPS) is 19.6. The van der Waals surface area contributed by atoms with Crippen LogP contribution in [0.4, 0.5) is 4.39 Å². The van der Waals surface area contributed by atoms with Crippen LogP contribution in [0.5, 0.6) is 0 Å². The van der Waals surface area contributed by atoms with Gasteiger partial charge in [0.05, 0.1) is 12.3 Å². The van der Waals surface area contributed by atoms with Crippen LogP contribution in [0.25, 0.3) is 5.65 Å². The van der Waals surface area contributed by atoms with E-state index in [0.717, 1.165) is 29.9 Å². The Bertz CT molecular complexity index is 590. The lowest BCUT2D eigenvalue weighted by molar-refractivity contribution is 0.185. The van der Waals surface area contributed by atoms with E-state index >= 15 is 0 Å². The number of methoxy groups -OCH3 is 1. The first-order chi connectivity index (χ1) is 9.76. The monoisotopic (exact) mass is 277 g/mol. The Morgan fingerprint density at radius 1 is 1.45 bits per heavy atom. The maximum Gasteiger partial charge on any atom is 0.142 e. The summed E-state index contributed by atoms with van der Waals surface area (Å²) in [5.74, 6) is -0.260. The van der Waals surface area contributed by atoms with Gasteiger partial charge in [0.2, 0.25) is 0 Å². The first-order valence-electron chi connectivity index (χ1n) is 7.14. The number of nitrogens with one attached hydrogen (secondary N) is 1. The third-order valence-corrected chi connectivity index (χ3v) is 3.81. The average molecular weight is 277 g/mol.